The molecule has 0 radical (unpaired) electrons. The van der Waals surface area contributed by atoms with Gasteiger partial charge in [0.25, 0.3) is 0 Å². The van der Waals surface area contributed by atoms with Crippen molar-refractivity contribution in [2.45, 2.75) is 90.1 Å². The van der Waals surface area contributed by atoms with Crippen molar-refractivity contribution >= 4 is 56.8 Å². The number of aromatic nitrogens is 2. The average Bonchev–Trinajstić information content (AvgIpc) is 3.66. The van der Waals surface area contributed by atoms with Crippen LogP contribution in [0.15, 0.2) is 102 Å². The number of aryl methyl sites for hydroxylation is 1. The Morgan fingerprint density at radius 2 is 1.66 bits per heavy atom. The third-order valence-electron chi connectivity index (χ3n) is 10.9. The van der Waals surface area contributed by atoms with E-state index in [1.807, 2.05) is 73.7 Å². The first kappa shape index (κ1) is 48.1. The first-order chi connectivity index (χ1) is 32.1. The molecule has 17 nitrogen and oxygen atoms in total. The molecule has 1 saturated heterocycles. The minimum Gasteiger partial charge on any atom is -0.494 e. The first-order valence-corrected chi connectivity index (χ1v) is 23.7. The van der Waals surface area contributed by atoms with Gasteiger partial charge in [0, 0.05) is 53.7 Å². The van der Waals surface area contributed by atoms with Gasteiger partial charge in [0.2, 0.25) is 39.6 Å². The zero-order valence-electron chi connectivity index (χ0n) is 38.1. The van der Waals surface area contributed by atoms with Crippen molar-refractivity contribution in [3.05, 3.63) is 125 Å². The molecule has 4 aromatic carbocycles. The Morgan fingerprint density at radius 3 is 2.43 bits per heavy atom. The molecule has 0 bridgehead atoms. The van der Waals surface area contributed by atoms with Gasteiger partial charge >= 0.3 is 0 Å². The molecule has 2 aliphatic rings. The fraction of sp³-hybridized carbons (Fsp3) is 0.347. The standard InChI is InChI=1S/C49H57N9O8S/c1-32-26-52-48(56-45(32)53-37-10-6-11-39(25-37)67(63,64)57-49(2,3)4)54-36-19-21-38(22-20-36)65-24-8-23-50-28-44(60)51-27-33-15-17-34(18-16-33)31-66-42-13-5-9-35-29-58(30-41(35)42)47(62)40-12-7-14-43(59)55-46(40)61/h5-6,9-11,13,15-22,25-26,40,50,57H,7-8,12,14,23-24,27-31H2,1-4H3,(H,51,60)(H,55,59,61)(H2,52,53,54,56)/t40-/m0/s1. The summed E-state index contributed by atoms with van der Waals surface area (Å²) in [5, 5.41) is 14.8. The molecule has 352 valence electrons. The van der Waals surface area contributed by atoms with Crippen molar-refractivity contribution in [3.63, 3.8) is 0 Å². The van der Waals surface area contributed by atoms with Gasteiger partial charge in [0.1, 0.15) is 29.8 Å². The van der Waals surface area contributed by atoms with Gasteiger partial charge in [-0.3, -0.25) is 24.5 Å². The number of nitrogens with one attached hydrogen (secondary N) is 6. The number of imide groups is 1. The number of hydrogen-bond acceptors (Lipinski definition) is 13. The molecule has 0 aliphatic carbocycles. The van der Waals surface area contributed by atoms with Gasteiger partial charge in [-0.2, -0.15) is 4.98 Å². The van der Waals surface area contributed by atoms with E-state index in [9.17, 15) is 27.6 Å². The summed E-state index contributed by atoms with van der Waals surface area (Å²) in [6, 6.07) is 27.5. The number of benzene rings is 4. The monoisotopic (exact) mass is 931 g/mol. The number of nitrogens with zero attached hydrogens (tertiary/aromatic N) is 3. The molecule has 67 heavy (non-hydrogen) atoms. The topological polar surface area (TPSA) is 222 Å². The second kappa shape index (κ2) is 21.6. The van der Waals surface area contributed by atoms with Gasteiger partial charge < -0.3 is 35.6 Å². The molecular formula is C49H57N9O8S. The van der Waals surface area contributed by atoms with Crippen LogP contribution in [0.1, 0.15) is 74.3 Å². The number of rotatable bonds is 19. The zero-order chi connectivity index (χ0) is 47.6. The second-order valence-electron chi connectivity index (χ2n) is 17.6. The van der Waals surface area contributed by atoms with Crippen molar-refractivity contribution in [3.8, 4) is 11.5 Å². The van der Waals surface area contributed by atoms with E-state index in [4.69, 9.17) is 9.47 Å². The van der Waals surface area contributed by atoms with Gasteiger partial charge in [0.15, 0.2) is 0 Å². The van der Waals surface area contributed by atoms with Gasteiger partial charge in [-0.15, -0.1) is 0 Å². The van der Waals surface area contributed by atoms with Crippen LogP contribution >= 0.6 is 0 Å². The fourth-order valence-electron chi connectivity index (χ4n) is 7.52. The van der Waals surface area contributed by atoms with E-state index in [1.54, 1.807) is 56.1 Å². The molecule has 0 unspecified atom stereocenters. The number of ether oxygens (including phenoxy) is 2. The van der Waals surface area contributed by atoms with Crippen LogP contribution in [0, 0.1) is 12.8 Å². The minimum atomic E-state index is -3.71. The lowest BCUT2D eigenvalue weighted by Gasteiger charge is -2.21. The minimum absolute atomic E-state index is 0.121. The number of amides is 4. The number of hydrogen-bond donors (Lipinski definition) is 6. The van der Waals surface area contributed by atoms with Crippen molar-refractivity contribution in [1.82, 2.24) is 35.5 Å². The molecule has 6 N–H and O–H groups in total. The van der Waals surface area contributed by atoms with Crippen LogP contribution in [0.25, 0.3) is 0 Å². The SMILES string of the molecule is Cc1cnc(Nc2ccc(OCCCNCC(=O)NCc3ccc(COc4cccc5c4CN(C(=O)[C@H]4CCCC(=O)NC4=O)C5)cc3)cc2)nc1Nc1cccc(S(=O)(=O)NC(C)(C)C)c1. The lowest BCUT2D eigenvalue weighted by molar-refractivity contribution is -0.143. The van der Waals surface area contributed by atoms with Crippen LogP contribution in [0.3, 0.4) is 0 Å². The van der Waals surface area contributed by atoms with E-state index >= 15 is 0 Å². The van der Waals surface area contributed by atoms with Crippen molar-refractivity contribution in [2.24, 2.45) is 5.92 Å². The van der Waals surface area contributed by atoms with Crippen LogP contribution in [0.5, 0.6) is 11.5 Å². The van der Waals surface area contributed by atoms with Crippen LogP contribution in [-0.4, -0.2) is 72.1 Å². The van der Waals surface area contributed by atoms with Gasteiger partial charge in [-0.1, -0.05) is 42.5 Å². The van der Waals surface area contributed by atoms with Crippen molar-refractivity contribution in [2.75, 3.05) is 30.3 Å². The molecule has 0 saturated carbocycles. The summed E-state index contributed by atoms with van der Waals surface area (Å²) in [5.41, 5.74) is 5.25. The maximum atomic E-state index is 13.3. The van der Waals surface area contributed by atoms with Crippen LogP contribution < -0.4 is 40.8 Å². The molecule has 4 amide bonds. The highest BCUT2D eigenvalue weighted by atomic mass is 32.2. The summed E-state index contributed by atoms with van der Waals surface area (Å²) in [6.45, 7) is 9.86. The summed E-state index contributed by atoms with van der Waals surface area (Å²) in [5.74, 6) is 0.132. The van der Waals surface area contributed by atoms with E-state index in [0.29, 0.717) is 87.6 Å². The maximum Gasteiger partial charge on any atom is 0.241 e. The largest absolute Gasteiger partial charge is 0.494 e. The third-order valence-corrected chi connectivity index (χ3v) is 12.7. The predicted octanol–water partition coefficient (Wildman–Crippen LogP) is 5.89. The summed E-state index contributed by atoms with van der Waals surface area (Å²) < 4.78 is 40.5. The summed E-state index contributed by atoms with van der Waals surface area (Å²) >= 11 is 0. The number of fused-ring (bicyclic) bond motifs is 1. The van der Waals surface area contributed by atoms with E-state index in [1.165, 1.54) is 0 Å². The Labute approximate surface area is 390 Å². The van der Waals surface area contributed by atoms with Gasteiger partial charge in [-0.25, -0.2) is 18.1 Å². The van der Waals surface area contributed by atoms with E-state index in [2.05, 4.69) is 41.3 Å². The molecule has 18 heteroatoms. The van der Waals surface area contributed by atoms with Crippen molar-refractivity contribution in [1.29, 1.82) is 0 Å². The highest BCUT2D eigenvalue weighted by Gasteiger charge is 2.36. The summed E-state index contributed by atoms with van der Waals surface area (Å²) in [4.78, 5) is 60.9. The third kappa shape index (κ3) is 13.6. The highest BCUT2D eigenvalue weighted by Crippen LogP contribution is 2.33. The van der Waals surface area contributed by atoms with Crippen molar-refractivity contribution < 1.29 is 37.1 Å². The quantitative estimate of drug-likeness (QED) is 0.0324. The molecule has 7 rings (SSSR count). The lowest BCUT2D eigenvalue weighted by atomic mass is 10.0. The highest BCUT2D eigenvalue weighted by molar-refractivity contribution is 7.89. The molecular weight excluding hydrogens is 875 g/mol. The number of sulfonamides is 1. The van der Waals surface area contributed by atoms with Gasteiger partial charge in [-0.05, 0) is 119 Å². The molecule has 3 heterocycles. The molecule has 5 aromatic rings. The molecule has 1 fully saturated rings. The normalized spacial score (nSPS) is 15.0. The van der Waals surface area contributed by atoms with Crippen LogP contribution in [0.2, 0.25) is 0 Å². The fourth-order valence-corrected chi connectivity index (χ4v) is 8.99. The van der Waals surface area contributed by atoms with E-state index in [0.717, 1.165) is 33.5 Å². The zero-order valence-corrected chi connectivity index (χ0v) is 38.9. The summed E-state index contributed by atoms with van der Waals surface area (Å²) in [6.07, 6.45) is 3.46. The summed E-state index contributed by atoms with van der Waals surface area (Å²) in [7, 11) is -3.71. The van der Waals surface area contributed by atoms with E-state index < -0.39 is 27.4 Å². The Balaban J connectivity index is 0.775. The van der Waals surface area contributed by atoms with Crippen LogP contribution in [0.4, 0.5) is 23.1 Å². The van der Waals surface area contributed by atoms with Crippen LogP contribution in [-0.2, 0) is 55.4 Å². The average molecular weight is 932 g/mol. The maximum absolute atomic E-state index is 13.3. The molecule has 2 aliphatic heterocycles. The molecule has 1 atom stereocenters. The Morgan fingerprint density at radius 1 is 0.896 bits per heavy atom. The second-order valence-corrected chi connectivity index (χ2v) is 19.3. The predicted molar refractivity (Wildman–Crippen MR) is 253 cm³/mol. The van der Waals surface area contributed by atoms with Gasteiger partial charge in [0.05, 0.1) is 24.6 Å². The Kier molecular flexibility index (Phi) is 15.5. The van der Waals surface area contributed by atoms with E-state index in [-0.39, 0.29) is 35.6 Å². The first-order valence-electron chi connectivity index (χ1n) is 22.2. The molecule has 0 spiro atoms. The smallest absolute Gasteiger partial charge is 0.241 e. The Bertz CT molecular complexity index is 2690. The number of anilines is 4. The Hall–Kier alpha value is -6.89. The number of carbonyl (C=O) groups excluding carboxylic acids is 4. The lowest BCUT2D eigenvalue weighted by Crippen LogP contribution is -2.42. The number of carbonyl (C=O) groups is 4. The molecule has 1 aromatic heterocycles.